The zero-order valence-corrected chi connectivity index (χ0v) is 16.8. The van der Waals surface area contributed by atoms with Crippen LogP contribution in [0.4, 0.5) is 5.95 Å². The minimum absolute atomic E-state index is 0.323. The van der Waals surface area contributed by atoms with Crippen molar-refractivity contribution in [1.82, 2.24) is 35.4 Å². The second-order valence-corrected chi connectivity index (χ2v) is 7.38. The maximum atomic E-state index is 5.51. The van der Waals surface area contributed by atoms with Gasteiger partial charge in [-0.3, -0.25) is 5.01 Å². The number of aromatic nitrogens is 5. The molecular weight excluding hydrogens is 380 g/mol. The summed E-state index contributed by atoms with van der Waals surface area (Å²) < 4.78 is 7.24. The molecule has 1 fully saturated rings. The number of rotatable bonds is 6. The van der Waals surface area contributed by atoms with Crippen LogP contribution in [0, 0.1) is 0 Å². The molecule has 2 N–H and O–H groups in total. The van der Waals surface area contributed by atoms with Gasteiger partial charge in [0, 0.05) is 18.4 Å². The number of nitrogens with one attached hydrogen (secondary N) is 2. The molecule has 2 aromatic heterocycles. The highest BCUT2D eigenvalue weighted by molar-refractivity contribution is 5.72. The van der Waals surface area contributed by atoms with Gasteiger partial charge in [0.25, 0.3) is 0 Å². The van der Waals surface area contributed by atoms with Crippen LogP contribution in [0.3, 0.4) is 0 Å². The number of allylic oxidation sites excluding steroid dienone is 2. The van der Waals surface area contributed by atoms with Crippen molar-refractivity contribution in [3.8, 4) is 11.4 Å². The van der Waals surface area contributed by atoms with Crippen LogP contribution >= 0.6 is 0 Å². The molecule has 1 saturated carbocycles. The quantitative estimate of drug-likeness (QED) is 0.648. The number of hydrogen-bond donors (Lipinski definition) is 2. The summed E-state index contributed by atoms with van der Waals surface area (Å²) in [5, 5.41) is 14.1. The molecule has 1 aliphatic carbocycles. The number of fused-ring (bicyclic) bond motifs is 1. The maximum absolute atomic E-state index is 5.51. The Labute approximate surface area is 174 Å². The number of hydrogen-bond acceptors (Lipinski definition) is 8. The van der Waals surface area contributed by atoms with E-state index in [1.807, 2.05) is 49.5 Å². The van der Waals surface area contributed by atoms with Gasteiger partial charge in [-0.05, 0) is 62.6 Å². The van der Waals surface area contributed by atoms with Crippen molar-refractivity contribution in [3.05, 3.63) is 55.0 Å². The van der Waals surface area contributed by atoms with E-state index in [4.69, 9.17) is 9.72 Å². The van der Waals surface area contributed by atoms with E-state index >= 15 is 0 Å². The van der Waals surface area contributed by atoms with Crippen LogP contribution in [0.2, 0.25) is 0 Å². The number of ether oxygens (including phenoxy) is 1. The average molecular weight is 404 g/mol. The fourth-order valence-corrected chi connectivity index (χ4v) is 3.94. The molecule has 0 saturated heterocycles. The van der Waals surface area contributed by atoms with Crippen molar-refractivity contribution in [2.75, 3.05) is 11.9 Å². The molecule has 5 rings (SSSR count). The molecule has 1 aromatic carbocycles. The molecule has 9 heteroatoms. The lowest BCUT2D eigenvalue weighted by Crippen LogP contribution is -2.39. The largest absolute Gasteiger partial charge is 0.494 e. The van der Waals surface area contributed by atoms with Gasteiger partial charge >= 0.3 is 0 Å². The third kappa shape index (κ3) is 3.66. The van der Waals surface area contributed by atoms with E-state index in [1.54, 1.807) is 10.9 Å². The summed E-state index contributed by atoms with van der Waals surface area (Å²) >= 11 is 0. The Balaban J connectivity index is 1.32. The Morgan fingerprint density at radius 1 is 1.20 bits per heavy atom. The molecule has 0 amide bonds. The molecule has 154 valence electrons. The van der Waals surface area contributed by atoms with Crippen molar-refractivity contribution >= 4 is 17.1 Å². The second-order valence-electron chi connectivity index (χ2n) is 7.38. The SMILES string of the molecule is CCOc1ccc(-n2nnc3cnc(N[C@H]4CC[C@H](N5C=CC=CN5)C4)nc32)cc1. The molecule has 30 heavy (non-hydrogen) atoms. The first-order valence-electron chi connectivity index (χ1n) is 10.3. The standard InChI is InChI=1S/C21H24N8O/c1-2-30-18-9-7-16(8-10-18)29-20-19(26-27-29)14-22-21(25-20)24-15-5-6-17(13-15)28-12-4-3-11-23-28/h3-4,7-12,14-15,17,23H,2,5-6,13H2,1H3,(H,22,24,25)/t15-,17-/m0/s1. The van der Waals surface area contributed by atoms with Gasteiger partial charge in [0.05, 0.1) is 24.5 Å². The van der Waals surface area contributed by atoms with Gasteiger partial charge < -0.3 is 15.5 Å². The highest BCUT2D eigenvalue weighted by Gasteiger charge is 2.29. The zero-order valence-electron chi connectivity index (χ0n) is 16.8. The number of hydrazine groups is 1. The summed E-state index contributed by atoms with van der Waals surface area (Å²) in [7, 11) is 0. The van der Waals surface area contributed by atoms with Crippen molar-refractivity contribution in [1.29, 1.82) is 0 Å². The van der Waals surface area contributed by atoms with E-state index in [9.17, 15) is 0 Å². The lowest BCUT2D eigenvalue weighted by Gasteiger charge is -2.28. The van der Waals surface area contributed by atoms with Gasteiger partial charge in [-0.25, -0.2) is 4.98 Å². The van der Waals surface area contributed by atoms with Crippen LogP contribution < -0.4 is 15.5 Å². The van der Waals surface area contributed by atoms with Crippen molar-refractivity contribution in [2.45, 2.75) is 38.3 Å². The molecule has 2 aliphatic rings. The van der Waals surface area contributed by atoms with Crippen LogP contribution in [-0.4, -0.2) is 48.7 Å². The van der Waals surface area contributed by atoms with Gasteiger partial charge in [-0.2, -0.15) is 9.67 Å². The molecular formula is C21H24N8O. The van der Waals surface area contributed by atoms with Gasteiger partial charge in [-0.15, -0.1) is 5.10 Å². The fourth-order valence-electron chi connectivity index (χ4n) is 3.94. The summed E-state index contributed by atoms with van der Waals surface area (Å²) in [6.45, 7) is 2.60. The van der Waals surface area contributed by atoms with Crippen molar-refractivity contribution in [3.63, 3.8) is 0 Å². The van der Waals surface area contributed by atoms with Gasteiger partial charge in [0.2, 0.25) is 5.95 Å². The molecule has 0 unspecified atom stereocenters. The van der Waals surface area contributed by atoms with E-state index in [1.165, 1.54) is 0 Å². The summed E-state index contributed by atoms with van der Waals surface area (Å²) in [4.78, 5) is 9.14. The summed E-state index contributed by atoms with van der Waals surface area (Å²) in [5.74, 6) is 1.43. The second kappa shape index (κ2) is 8.02. The van der Waals surface area contributed by atoms with Gasteiger partial charge in [-0.1, -0.05) is 5.21 Å². The Bertz CT molecular complexity index is 1070. The average Bonchev–Trinajstić information content (AvgIpc) is 3.42. The van der Waals surface area contributed by atoms with Crippen LogP contribution in [0.1, 0.15) is 26.2 Å². The predicted octanol–water partition coefficient (Wildman–Crippen LogP) is 2.79. The van der Waals surface area contributed by atoms with E-state index in [-0.39, 0.29) is 0 Å². The third-order valence-electron chi connectivity index (χ3n) is 5.39. The lowest BCUT2D eigenvalue weighted by molar-refractivity contribution is 0.226. The first kappa shape index (κ1) is 18.4. The van der Waals surface area contributed by atoms with E-state index < -0.39 is 0 Å². The highest BCUT2D eigenvalue weighted by atomic mass is 16.5. The lowest BCUT2D eigenvalue weighted by atomic mass is 10.2. The molecule has 0 bridgehead atoms. The Kier molecular flexibility index (Phi) is 4.92. The number of benzene rings is 1. The highest BCUT2D eigenvalue weighted by Crippen LogP contribution is 2.26. The van der Waals surface area contributed by atoms with Crippen molar-refractivity contribution < 1.29 is 4.74 Å². The van der Waals surface area contributed by atoms with Crippen LogP contribution in [0.15, 0.2) is 55.0 Å². The van der Waals surface area contributed by atoms with Gasteiger partial charge in [0.15, 0.2) is 11.2 Å². The smallest absolute Gasteiger partial charge is 0.225 e. The monoisotopic (exact) mass is 404 g/mol. The molecule has 1 aliphatic heterocycles. The van der Waals surface area contributed by atoms with E-state index in [2.05, 4.69) is 37.2 Å². The molecule has 3 heterocycles. The number of nitrogens with zero attached hydrogens (tertiary/aromatic N) is 6. The minimum atomic E-state index is 0.323. The third-order valence-corrected chi connectivity index (χ3v) is 5.39. The van der Waals surface area contributed by atoms with Gasteiger partial charge in [0.1, 0.15) is 5.75 Å². The van der Waals surface area contributed by atoms with Crippen molar-refractivity contribution in [2.24, 2.45) is 0 Å². The fraction of sp³-hybridized carbons (Fsp3) is 0.333. The molecule has 2 atom stereocenters. The molecule has 0 spiro atoms. The first-order valence-corrected chi connectivity index (χ1v) is 10.3. The Morgan fingerprint density at radius 3 is 2.90 bits per heavy atom. The molecule has 3 aromatic rings. The molecule has 0 radical (unpaired) electrons. The predicted molar refractivity (Wildman–Crippen MR) is 114 cm³/mol. The first-order chi connectivity index (χ1) is 14.8. The van der Waals surface area contributed by atoms with Crippen LogP contribution in [-0.2, 0) is 0 Å². The maximum Gasteiger partial charge on any atom is 0.225 e. The molecule has 9 nitrogen and oxygen atoms in total. The summed E-state index contributed by atoms with van der Waals surface area (Å²) in [6, 6.07) is 8.51. The summed E-state index contributed by atoms with van der Waals surface area (Å²) in [6.07, 6.45) is 13.0. The van der Waals surface area contributed by atoms with Crippen LogP contribution in [0.5, 0.6) is 5.75 Å². The van der Waals surface area contributed by atoms with Crippen LogP contribution in [0.25, 0.3) is 16.9 Å². The summed E-state index contributed by atoms with van der Waals surface area (Å²) in [5.41, 5.74) is 5.50. The normalized spacial score (nSPS) is 20.5. The topological polar surface area (TPSA) is 93.0 Å². The van der Waals surface area contributed by atoms with E-state index in [0.717, 1.165) is 30.7 Å². The zero-order chi connectivity index (χ0) is 20.3. The Hall–Kier alpha value is -3.62. The number of anilines is 1. The minimum Gasteiger partial charge on any atom is -0.494 e. The van der Waals surface area contributed by atoms with E-state index in [0.29, 0.717) is 35.8 Å². The Morgan fingerprint density at radius 2 is 2.10 bits per heavy atom.